The summed E-state index contributed by atoms with van der Waals surface area (Å²) >= 11 is 0. The maximum absolute atomic E-state index is 14.5. The largest absolute Gasteiger partial charge is 0.481 e. The molecule has 0 bridgehead atoms. The zero-order valence-corrected chi connectivity index (χ0v) is 14.4. The fraction of sp³-hybridized carbons (Fsp3) is 0.350. The number of likely N-dealkylation sites (tertiary alicyclic amines) is 1. The molecule has 1 atom stereocenters. The van der Waals surface area contributed by atoms with Crippen LogP contribution in [0.2, 0.25) is 0 Å². The van der Waals surface area contributed by atoms with Crippen LogP contribution in [0.5, 0.6) is 0 Å². The molecule has 1 aliphatic rings. The number of rotatable bonds is 4. The maximum atomic E-state index is 14.5. The Kier molecular flexibility index (Phi) is 5.51. The Bertz CT molecular complexity index is 814. The molecular weight excluding hydrogens is 362 g/mol. The summed E-state index contributed by atoms with van der Waals surface area (Å²) in [7, 11) is 0. The third-order valence-electron chi connectivity index (χ3n) is 4.97. The van der Waals surface area contributed by atoms with Crippen molar-refractivity contribution < 1.29 is 27.5 Å². The van der Waals surface area contributed by atoms with E-state index in [1.807, 2.05) is 4.90 Å². The molecule has 0 aromatic heterocycles. The number of hydrogen-bond donors (Lipinski definition) is 1. The first-order chi connectivity index (χ1) is 12.8. The lowest BCUT2D eigenvalue weighted by molar-refractivity contribution is -0.143. The molecule has 3 nitrogen and oxygen atoms in total. The average Bonchev–Trinajstić information content (AvgIpc) is 2.63. The summed E-state index contributed by atoms with van der Waals surface area (Å²) in [4.78, 5) is 13.0. The zero-order chi connectivity index (χ0) is 19.6. The van der Waals surface area contributed by atoms with Crippen LogP contribution >= 0.6 is 0 Å². The van der Waals surface area contributed by atoms with Gasteiger partial charge in [-0.3, -0.25) is 9.69 Å². The van der Waals surface area contributed by atoms with Crippen molar-refractivity contribution in [3.8, 4) is 0 Å². The van der Waals surface area contributed by atoms with Gasteiger partial charge in [0.2, 0.25) is 0 Å². The van der Waals surface area contributed by atoms with Gasteiger partial charge in [-0.1, -0.05) is 30.3 Å². The van der Waals surface area contributed by atoms with E-state index in [1.54, 1.807) is 18.2 Å². The van der Waals surface area contributed by atoms with Gasteiger partial charge in [-0.05, 0) is 49.7 Å². The van der Waals surface area contributed by atoms with Crippen molar-refractivity contribution in [3.05, 3.63) is 71.0 Å². The molecule has 27 heavy (non-hydrogen) atoms. The summed E-state index contributed by atoms with van der Waals surface area (Å²) in [5.41, 5.74) is -0.170. The third kappa shape index (κ3) is 4.30. The summed E-state index contributed by atoms with van der Waals surface area (Å²) in [5.74, 6) is -1.86. The second-order valence-electron chi connectivity index (χ2n) is 6.70. The lowest BCUT2D eigenvalue weighted by atomic mass is 9.90. The fourth-order valence-electron chi connectivity index (χ4n) is 3.57. The van der Waals surface area contributed by atoms with E-state index in [9.17, 15) is 22.4 Å². The van der Waals surface area contributed by atoms with Crippen molar-refractivity contribution in [1.82, 2.24) is 4.90 Å². The number of alkyl halides is 3. The minimum Gasteiger partial charge on any atom is -0.481 e. The smallest absolute Gasteiger partial charge is 0.416 e. The van der Waals surface area contributed by atoms with Crippen molar-refractivity contribution in [2.24, 2.45) is 5.92 Å². The quantitative estimate of drug-likeness (QED) is 0.779. The minimum absolute atomic E-state index is 0.283. The Morgan fingerprint density at radius 3 is 2.33 bits per heavy atom. The summed E-state index contributed by atoms with van der Waals surface area (Å²) in [6, 6.07) is 10.2. The van der Waals surface area contributed by atoms with Gasteiger partial charge in [0.05, 0.1) is 17.5 Å². The highest BCUT2D eigenvalue weighted by molar-refractivity contribution is 5.70. The lowest BCUT2D eigenvalue weighted by Crippen LogP contribution is -2.39. The Labute approximate surface area is 154 Å². The summed E-state index contributed by atoms with van der Waals surface area (Å²) in [5, 5.41) is 9.16. The Morgan fingerprint density at radius 2 is 1.74 bits per heavy atom. The molecule has 0 spiro atoms. The van der Waals surface area contributed by atoms with E-state index in [0.717, 1.165) is 12.1 Å². The Morgan fingerprint density at radius 1 is 1.07 bits per heavy atom. The molecule has 0 aliphatic carbocycles. The van der Waals surface area contributed by atoms with Crippen LogP contribution < -0.4 is 0 Å². The van der Waals surface area contributed by atoms with E-state index in [2.05, 4.69) is 0 Å². The fourth-order valence-corrected chi connectivity index (χ4v) is 3.57. The molecule has 0 saturated carbocycles. The molecule has 0 radical (unpaired) electrons. The molecule has 1 aliphatic heterocycles. The van der Waals surface area contributed by atoms with Gasteiger partial charge in [0.15, 0.2) is 0 Å². The lowest BCUT2D eigenvalue weighted by Gasteiger charge is -2.37. The first-order valence-electron chi connectivity index (χ1n) is 8.66. The highest BCUT2D eigenvalue weighted by atomic mass is 19.4. The molecule has 2 aromatic carbocycles. The number of carboxylic acids is 1. The topological polar surface area (TPSA) is 40.5 Å². The van der Waals surface area contributed by atoms with E-state index in [1.165, 1.54) is 18.2 Å². The van der Waals surface area contributed by atoms with E-state index < -0.39 is 35.5 Å². The van der Waals surface area contributed by atoms with Crippen LogP contribution in [0, 0.1) is 11.7 Å². The zero-order valence-electron chi connectivity index (χ0n) is 14.4. The SMILES string of the molecule is O=C(O)C1CCN(C(c2cccc(C(F)(F)F)c2)c2ccccc2F)CC1. The van der Waals surface area contributed by atoms with Gasteiger partial charge in [0.1, 0.15) is 5.82 Å². The number of piperidine rings is 1. The predicted octanol–water partition coefficient (Wildman–Crippen LogP) is 4.73. The second kappa shape index (κ2) is 7.68. The second-order valence-corrected chi connectivity index (χ2v) is 6.70. The average molecular weight is 381 g/mol. The first-order valence-corrected chi connectivity index (χ1v) is 8.66. The number of carbonyl (C=O) groups is 1. The highest BCUT2D eigenvalue weighted by Crippen LogP contribution is 2.37. The Hall–Kier alpha value is -2.41. The molecule has 1 saturated heterocycles. The molecule has 2 aromatic rings. The van der Waals surface area contributed by atoms with Crippen molar-refractivity contribution >= 4 is 5.97 Å². The third-order valence-corrected chi connectivity index (χ3v) is 4.97. The summed E-state index contributed by atoms with van der Waals surface area (Å²) in [6.45, 7) is 0.735. The first kappa shape index (κ1) is 19.4. The van der Waals surface area contributed by atoms with Crippen molar-refractivity contribution in [2.45, 2.75) is 25.1 Å². The maximum Gasteiger partial charge on any atom is 0.416 e. The standard InChI is InChI=1S/C20H19F4NO2/c21-17-7-2-1-6-16(17)18(25-10-8-13(9-11-25)19(26)27)14-4-3-5-15(12-14)20(22,23)24/h1-7,12-13,18H,8-11H2,(H,26,27). The molecule has 1 fully saturated rings. The van der Waals surface area contributed by atoms with Crippen molar-refractivity contribution in [1.29, 1.82) is 0 Å². The van der Waals surface area contributed by atoms with E-state index in [-0.39, 0.29) is 5.56 Å². The number of nitrogens with zero attached hydrogens (tertiary/aromatic N) is 1. The van der Waals surface area contributed by atoms with Crippen LogP contribution in [0.15, 0.2) is 48.5 Å². The molecule has 1 heterocycles. The Balaban J connectivity index is 2.00. The number of halogens is 4. The van der Waals surface area contributed by atoms with Crippen LogP contribution in [0.25, 0.3) is 0 Å². The van der Waals surface area contributed by atoms with Gasteiger partial charge in [0, 0.05) is 5.56 Å². The van der Waals surface area contributed by atoms with Crippen LogP contribution in [0.1, 0.15) is 35.6 Å². The molecule has 1 unspecified atom stereocenters. The molecule has 0 amide bonds. The van der Waals surface area contributed by atoms with Crippen molar-refractivity contribution in [2.75, 3.05) is 13.1 Å². The minimum atomic E-state index is -4.49. The van der Waals surface area contributed by atoms with Crippen LogP contribution in [0.3, 0.4) is 0 Å². The van der Waals surface area contributed by atoms with Gasteiger partial charge in [0.25, 0.3) is 0 Å². The van der Waals surface area contributed by atoms with Crippen LogP contribution in [-0.2, 0) is 11.0 Å². The number of aliphatic carboxylic acids is 1. The normalized spacial score (nSPS) is 17.6. The van der Waals surface area contributed by atoms with E-state index >= 15 is 0 Å². The van der Waals surface area contributed by atoms with Gasteiger partial charge >= 0.3 is 12.1 Å². The monoisotopic (exact) mass is 381 g/mol. The van der Waals surface area contributed by atoms with Crippen LogP contribution in [-0.4, -0.2) is 29.1 Å². The van der Waals surface area contributed by atoms with Gasteiger partial charge in [-0.2, -0.15) is 13.2 Å². The molecule has 1 N–H and O–H groups in total. The molecule has 144 valence electrons. The molecular formula is C20H19F4NO2. The predicted molar refractivity (Wildman–Crippen MR) is 91.6 cm³/mol. The summed E-state index contributed by atoms with van der Waals surface area (Å²) in [6.07, 6.45) is -3.75. The van der Waals surface area contributed by atoms with Gasteiger partial charge in [-0.25, -0.2) is 4.39 Å². The summed E-state index contributed by atoms with van der Waals surface area (Å²) < 4.78 is 53.9. The van der Waals surface area contributed by atoms with Crippen molar-refractivity contribution in [3.63, 3.8) is 0 Å². The highest BCUT2D eigenvalue weighted by Gasteiger charge is 2.34. The van der Waals surface area contributed by atoms with Gasteiger partial charge in [-0.15, -0.1) is 0 Å². The van der Waals surface area contributed by atoms with E-state index in [0.29, 0.717) is 31.5 Å². The van der Waals surface area contributed by atoms with Crippen LogP contribution in [0.4, 0.5) is 17.6 Å². The molecule has 7 heteroatoms. The number of hydrogen-bond acceptors (Lipinski definition) is 2. The van der Waals surface area contributed by atoms with E-state index in [4.69, 9.17) is 5.11 Å². The van der Waals surface area contributed by atoms with Gasteiger partial charge < -0.3 is 5.11 Å². The number of benzene rings is 2. The number of carboxylic acid groups (broad SMARTS) is 1. The molecule has 3 rings (SSSR count).